The van der Waals surface area contributed by atoms with Crippen LogP contribution >= 0.6 is 0 Å². The van der Waals surface area contributed by atoms with Crippen molar-refractivity contribution < 1.29 is 0 Å². The van der Waals surface area contributed by atoms with Crippen LogP contribution in [0.2, 0.25) is 0 Å². The molecule has 314 valence electrons. The van der Waals surface area contributed by atoms with Gasteiger partial charge in [0.25, 0.3) is 0 Å². The lowest BCUT2D eigenvalue weighted by atomic mass is 9.79. The van der Waals surface area contributed by atoms with Crippen LogP contribution in [0.4, 0.5) is 17.1 Å². The molecule has 0 saturated heterocycles. The third-order valence-corrected chi connectivity index (χ3v) is 15.6. The van der Waals surface area contributed by atoms with Gasteiger partial charge in [-0.05, 0) is 160 Å². The summed E-state index contributed by atoms with van der Waals surface area (Å²) in [5.74, 6) is 0.537. The molecule has 13 rings (SSSR count). The Kier molecular flexibility index (Phi) is 8.20. The monoisotopic (exact) mass is 836 g/mol. The van der Waals surface area contributed by atoms with E-state index < -0.39 is 0 Å². The molecule has 0 saturated carbocycles. The molecule has 1 unspecified atom stereocenters. The van der Waals surface area contributed by atoms with E-state index in [1.165, 1.54) is 122 Å². The van der Waals surface area contributed by atoms with Gasteiger partial charge in [-0.15, -0.1) is 0 Å². The summed E-state index contributed by atoms with van der Waals surface area (Å²) in [4.78, 5) is 5.02. The van der Waals surface area contributed by atoms with E-state index in [4.69, 9.17) is 0 Å². The van der Waals surface area contributed by atoms with Gasteiger partial charge in [-0.25, -0.2) is 0 Å². The zero-order chi connectivity index (χ0) is 43.8. The summed E-state index contributed by atoms with van der Waals surface area (Å²) in [7, 11) is 0. The fourth-order valence-corrected chi connectivity index (χ4v) is 12.3. The minimum Gasteiger partial charge on any atom is -0.337 e. The summed E-state index contributed by atoms with van der Waals surface area (Å²) < 4.78 is 0. The van der Waals surface area contributed by atoms with E-state index >= 15 is 0 Å². The van der Waals surface area contributed by atoms with Crippen molar-refractivity contribution in [2.45, 2.75) is 51.9 Å². The lowest BCUT2D eigenvalue weighted by Crippen LogP contribution is -2.27. The summed E-state index contributed by atoms with van der Waals surface area (Å²) in [5, 5.41) is 5.11. The Morgan fingerprint density at radius 3 is 1.62 bits per heavy atom. The Balaban J connectivity index is 1.11. The van der Waals surface area contributed by atoms with Crippen molar-refractivity contribution in [2.75, 3.05) is 22.9 Å². The molecular formula is C63H52N2. The van der Waals surface area contributed by atoms with Crippen molar-refractivity contribution in [1.82, 2.24) is 0 Å². The fourth-order valence-electron chi connectivity index (χ4n) is 12.3. The van der Waals surface area contributed by atoms with Crippen molar-refractivity contribution >= 4 is 44.7 Å². The molecule has 0 fully saturated rings. The van der Waals surface area contributed by atoms with Crippen molar-refractivity contribution in [3.63, 3.8) is 0 Å². The first-order valence-electron chi connectivity index (χ1n) is 23.6. The van der Waals surface area contributed by atoms with Crippen LogP contribution in [0.1, 0.15) is 68.9 Å². The number of para-hydroxylation sites is 1. The Bertz CT molecular complexity index is 3500. The zero-order valence-electron chi connectivity index (χ0n) is 37.9. The molecule has 0 aromatic heterocycles. The van der Waals surface area contributed by atoms with E-state index in [0.717, 1.165) is 19.5 Å². The fraction of sp³-hybridized carbons (Fsp3) is 0.175. The molecule has 0 radical (unpaired) electrons. The van der Waals surface area contributed by atoms with Crippen LogP contribution in [0, 0.1) is 5.92 Å². The van der Waals surface area contributed by atoms with Gasteiger partial charge >= 0.3 is 0 Å². The summed E-state index contributed by atoms with van der Waals surface area (Å²) in [5.41, 5.74) is 23.5. The van der Waals surface area contributed by atoms with Crippen LogP contribution in [-0.4, -0.2) is 13.1 Å². The number of benzene rings is 8. The second-order valence-electron chi connectivity index (χ2n) is 20.1. The normalized spacial score (nSPS) is 18.1. The first-order chi connectivity index (χ1) is 31.6. The average Bonchev–Trinajstić information content (AvgIpc) is 3.71. The number of allylic oxidation sites excluding steroid dienone is 4. The topological polar surface area (TPSA) is 6.48 Å². The van der Waals surface area contributed by atoms with Gasteiger partial charge in [-0.3, -0.25) is 0 Å². The molecule has 2 aliphatic heterocycles. The van der Waals surface area contributed by atoms with Crippen molar-refractivity contribution in [2.24, 2.45) is 5.92 Å². The number of rotatable bonds is 4. The van der Waals surface area contributed by atoms with Gasteiger partial charge in [0.15, 0.2) is 0 Å². The van der Waals surface area contributed by atoms with E-state index in [2.05, 4.69) is 226 Å². The predicted octanol–water partition coefficient (Wildman–Crippen LogP) is 16.3. The third-order valence-electron chi connectivity index (χ3n) is 15.6. The van der Waals surface area contributed by atoms with Crippen molar-refractivity contribution in [3.05, 3.63) is 215 Å². The molecule has 1 atom stereocenters. The lowest BCUT2D eigenvalue weighted by molar-refractivity contribution is 0.660. The van der Waals surface area contributed by atoms with E-state index in [-0.39, 0.29) is 10.8 Å². The highest BCUT2D eigenvalue weighted by atomic mass is 15.1. The number of hydrogen-bond donors (Lipinski definition) is 0. The molecule has 5 aliphatic rings. The van der Waals surface area contributed by atoms with E-state index in [9.17, 15) is 0 Å². The predicted molar refractivity (Wildman–Crippen MR) is 276 cm³/mol. The highest BCUT2D eigenvalue weighted by Crippen LogP contribution is 2.54. The van der Waals surface area contributed by atoms with Crippen LogP contribution in [-0.2, 0) is 10.8 Å². The van der Waals surface area contributed by atoms with Gasteiger partial charge in [-0.2, -0.15) is 0 Å². The van der Waals surface area contributed by atoms with Gasteiger partial charge in [0.2, 0.25) is 0 Å². The first-order valence-corrected chi connectivity index (χ1v) is 23.6. The standard InChI is InChI=1S/C63H52N2/c1-39-22-31-59-41(34-39)16-13-33-65(59)45-26-30-51-53(38-45)61(43-24-28-49-47-18-8-10-20-55(47)63(4,5)57(49)36-43)50-29-25-44(64-32-12-15-40-14-6-11-21-58(40)64)37-52(50)60(51)42-23-27-48-46-17-7-9-19-54(46)62(2,3)56(48)35-42/h6-31,35-39H,32-34H2,1-5H3. The Hall–Kier alpha value is -7.16. The average molecular weight is 837 g/mol. The Labute approximate surface area is 383 Å². The molecule has 2 nitrogen and oxygen atoms in total. The van der Waals surface area contributed by atoms with Crippen LogP contribution < -0.4 is 9.80 Å². The molecule has 8 aromatic rings. The number of fused-ring (bicyclic) bond motifs is 9. The molecule has 8 aromatic carbocycles. The van der Waals surface area contributed by atoms with Crippen LogP contribution in [0.5, 0.6) is 0 Å². The maximum Gasteiger partial charge on any atom is 0.0487 e. The van der Waals surface area contributed by atoms with Gasteiger partial charge in [0.05, 0.1) is 0 Å². The molecule has 2 heteroatoms. The van der Waals surface area contributed by atoms with Crippen LogP contribution in [0.3, 0.4) is 0 Å². The van der Waals surface area contributed by atoms with E-state index in [1.54, 1.807) is 0 Å². The molecule has 2 heterocycles. The molecule has 65 heavy (non-hydrogen) atoms. The Morgan fingerprint density at radius 1 is 0.462 bits per heavy atom. The minimum absolute atomic E-state index is 0.122. The summed E-state index contributed by atoms with van der Waals surface area (Å²) in [6.45, 7) is 13.6. The van der Waals surface area contributed by atoms with E-state index in [1.807, 2.05) is 0 Å². The maximum atomic E-state index is 2.53. The number of hydrogen-bond acceptors (Lipinski definition) is 2. The largest absolute Gasteiger partial charge is 0.337 e. The van der Waals surface area contributed by atoms with Gasteiger partial charge in [0.1, 0.15) is 0 Å². The van der Waals surface area contributed by atoms with E-state index in [0.29, 0.717) is 5.92 Å². The second-order valence-corrected chi connectivity index (χ2v) is 20.1. The summed E-state index contributed by atoms with van der Waals surface area (Å²) in [6.07, 6.45) is 15.1. The molecule has 0 spiro atoms. The number of anilines is 3. The van der Waals surface area contributed by atoms with Gasteiger partial charge < -0.3 is 9.80 Å². The maximum absolute atomic E-state index is 2.53. The molecule has 0 bridgehead atoms. The van der Waals surface area contributed by atoms with Crippen molar-refractivity contribution in [3.8, 4) is 44.5 Å². The zero-order valence-corrected chi connectivity index (χ0v) is 37.9. The highest BCUT2D eigenvalue weighted by Gasteiger charge is 2.37. The SMILES string of the molecule is CC1C=CC2=C(C=CCN2c2ccc3c(-c4ccc5c(c4)C(C)(C)c4ccccc4-5)c4cc(N5CC=Cc6ccccc65)ccc4c(-c4ccc5c(c4)C(C)(C)c4ccccc4-5)c3c2)C1. The lowest BCUT2D eigenvalue weighted by Gasteiger charge is -2.33. The highest BCUT2D eigenvalue weighted by molar-refractivity contribution is 6.23. The van der Waals surface area contributed by atoms with Crippen LogP contribution in [0.25, 0.3) is 72.1 Å². The molecule has 0 amide bonds. The summed E-state index contributed by atoms with van der Waals surface area (Å²) in [6, 6.07) is 56.1. The van der Waals surface area contributed by atoms with Gasteiger partial charge in [-0.1, -0.05) is 168 Å². The smallest absolute Gasteiger partial charge is 0.0487 e. The molecule has 0 N–H and O–H groups in total. The molecular weight excluding hydrogens is 785 g/mol. The van der Waals surface area contributed by atoms with Crippen LogP contribution in [0.15, 0.2) is 187 Å². The second kappa shape index (κ2) is 13.9. The van der Waals surface area contributed by atoms with Gasteiger partial charge in [0, 0.05) is 46.7 Å². The molecule has 3 aliphatic carbocycles. The minimum atomic E-state index is -0.122. The Morgan fingerprint density at radius 2 is 0.985 bits per heavy atom. The first kappa shape index (κ1) is 38.3. The summed E-state index contributed by atoms with van der Waals surface area (Å²) >= 11 is 0. The third kappa shape index (κ3) is 5.59. The quantitative estimate of drug-likeness (QED) is 0.163. The van der Waals surface area contributed by atoms with Crippen molar-refractivity contribution in [1.29, 1.82) is 0 Å². The number of nitrogens with zero attached hydrogens (tertiary/aromatic N) is 2.